The standard InChI is InChI=1S/C16H23N5/c1-11(2)17-8-5-7-14-12(3)20-16(21-13(14)4)15-18-9-6-10-19-15/h6,9-11,17H,5,7-8H2,1-4H3. The van der Waals surface area contributed by atoms with Crippen molar-refractivity contribution < 1.29 is 0 Å². The first-order valence-corrected chi connectivity index (χ1v) is 7.43. The molecule has 112 valence electrons. The number of aryl methyl sites for hydroxylation is 2. The van der Waals surface area contributed by atoms with Gasteiger partial charge in [0.1, 0.15) is 0 Å². The predicted molar refractivity (Wildman–Crippen MR) is 84.0 cm³/mol. The number of aromatic nitrogens is 4. The van der Waals surface area contributed by atoms with Crippen LogP contribution in [0, 0.1) is 13.8 Å². The molecular weight excluding hydrogens is 262 g/mol. The van der Waals surface area contributed by atoms with Crippen LogP contribution < -0.4 is 5.32 Å². The fourth-order valence-corrected chi connectivity index (χ4v) is 2.27. The molecule has 0 aliphatic rings. The van der Waals surface area contributed by atoms with Crippen molar-refractivity contribution in [3.8, 4) is 11.6 Å². The molecular formula is C16H23N5. The van der Waals surface area contributed by atoms with Crippen molar-refractivity contribution >= 4 is 0 Å². The van der Waals surface area contributed by atoms with E-state index in [4.69, 9.17) is 0 Å². The first kappa shape index (κ1) is 15.5. The largest absolute Gasteiger partial charge is 0.315 e. The summed E-state index contributed by atoms with van der Waals surface area (Å²) in [5, 5.41) is 3.43. The molecule has 2 aromatic heterocycles. The highest BCUT2D eigenvalue weighted by atomic mass is 15.0. The molecule has 0 aliphatic carbocycles. The summed E-state index contributed by atoms with van der Waals surface area (Å²) in [5.74, 6) is 1.19. The smallest absolute Gasteiger partial charge is 0.198 e. The van der Waals surface area contributed by atoms with Gasteiger partial charge in [-0.3, -0.25) is 0 Å². The SMILES string of the molecule is Cc1nc(-c2ncccn2)nc(C)c1CCCNC(C)C. The van der Waals surface area contributed by atoms with E-state index in [0.29, 0.717) is 17.7 Å². The normalized spacial score (nSPS) is 11.1. The van der Waals surface area contributed by atoms with Gasteiger partial charge < -0.3 is 5.32 Å². The quantitative estimate of drug-likeness (QED) is 0.826. The molecule has 2 rings (SSSR count). The summed E-state index contributed by atoms with van der Waals surface area (Å²) in [6.45, 7) is 9.40. The molecule has 0 aromatic carbocycles. The second kappa shape index (κ2) is 7.22. The fraction of sp³-hybridized carbons (Fsp3) is 0.500. The van der Waals surface area contributed by atoms with Crippen LogP contribution in [-0.2, 0) is 6.42 Å². The average Bonchev–Trinajstić information content (AvgIpc) is 2.46. The maximum Gasteiger partial charge on any atom is 0.198 e. The molecule has 5 heteroatoms. The molecule has 0 radical (unpaired) electrons. The third kappa shape index (κ3) is 4.29. The van der Waals surface area contributed by atoms with Crippen LogP contribution in [0.1, 0.15) is 37.2 Å². The minimum atomic E-state index is 0.529. The van der Waals surface area contributed by atoms with E-state index in [1.807, 2.05) is 13.8 Å². The third-order valence-electron chi connectivity index (χ3n) is 3.34. The second-order valence-electron chi connectivity index (χ2n) is 5.48. The molecule has 0 fully saturated rings. The minimum absolute atomic E-state index is 0.529. The molecule has 0 bridgehead atoms. The molecule has 0 saturated carbocycles. The third-order valence-corrected chi connectivity index (χ3v) is 3.34. The Morgan fingerprint density at radius 2 is 1.62 bits per heavy atom. The summed E-state index contributed by atoms with van der Waals surface area (Å²) >= 11 is 0. The van der Waals surface area contributed by atoms with Crippen molar-refractivity contribution in [1.82, 2.24) is 25.3 Å². The van der Waals surface area contributed by atoms with E-state index in [1.165, 1.54) is 5.56 Å². The van der Waals surface area contributed by atoms with Gasteiger partial charge in [0.25, 0.3) is 0 Å². The van der Waals surface area contributed by atoms with Crippen molar-refractivity contribution in [2.24, 2.45) is 0 Å². The lowest BCUT2D eigenvalue weighted by Crippen LogP contribution is -2.24. The van der Waals surface area contributed by atoms with Gasteiger partial charge in [-0.1, -0.05) is 13.8 Å². The predicted octanol–water partition coefficient (Wildman–Crippen LogP) is 2.48. The van der Waals surface area contributed by atoms with Crippen LogP contribution in [-0.4, -0.2) is 32.5 Å². The van der Waals surface area contributed by atoms with Crippen molar-refractivity contribution in [1.29, 1.82) is 0 Å². The molecule has 1 N–H and O–H groups in total. The minimum Gasteiger partial charge on any atom is -0.315 e. The summed E-state index contributed by atoms with van der Waals surface area (Å²) in [7, 11) is 0. The maximum absolute atomic E-state index is 4.56. The highest BCUT2D eigenvalue weighted by molar-refractivity contribution is 5.44. The van der Waals surface area contributed by atoms with Gasteiger partial charge in [-0.25, -0.2) is 19.9 Å². The molecule has 0 saturated heterocycles. The van der Waals surface area contributed by atoms with Gasteiger partial charge in [-0.2, -0.15) is 0 Å². The van der Waals surface area contributed by atoms with E-state index >= 15 is 0 Å². The summed E-state index contributed by atoms with van der Waals surface area (Å²) in [6.07, 6.45) is 5.50. The van der Waals surface area contributed by atoms with Crippen LogP contribution in [0.25, 0.3) is 11.6 Å². The van der Waals surface area contributed by atoms with Gasteiger partial charge in [0.05, 0.1) is 0 Å². The van der Waals surface area contributed by atoms with Crippen molar-refractivity contribution in [3.63, 3.8) is 0 Å². The Morgan fingerprint density at radius 1 is 1.00 bits per heavy atom. The van der Waals surface area contributed by atoms with Crippen LogP contribution in [0.2, 0.25) is 0 Å². The lowest BCUT2D eigenvalue weighted by atomic mass is 10.1. The average molecular weight is 285 g/mol. The van der Waals surface area contributed by atoms with Crippen LogP contribution in [0.3, 0.4) is 0 Å². The molecule has 5 nitrogen and oxygen atoms in total. The number of nitrogens with zero attached hydrogens (tertiary/aromatic N) is 4. The maximum atomic E-state index is 4.56. The Labute approximate surface area is 126 Å². The zero-order valence-corrected chi connectivity index (χ0v) is 13.2. The van der Waals surface area contributed by atoms with Gasteiger partial charge in [-0.05, 0) is 44.9 Å². The summed E-state index contributed by atoms with van der Waals surface area (Å²) < 4.78 is 0. The first-order chi connectivity index (χ1) is 10.1. The monoisotopic (exact) mass is 285 g/mol. The number of hydrogen-bond donors (Lipinski definition) is 1. The number of nitrogens with one attached hydrogen (secondary N) is 1. The molecule has 2 aromatic rings. The van der Waals surface area contributed by atoms with E-state index < -0.39 is 0 Å². The lowest BCUT2D eigenvalue weighted by Gasteiger charge is -2.11. The molecule has 0 atom stereocenters. The van der Waals surface area contributed by atoms with Gasteiger partial charge >= 0.3 is 0 Å². The van der Waals surface area contributed by atoms with Crippen LogP contribution >= 0.6 is 0 Å². The van der Waals surface area contributed by atoms with E-state index in [9.17, 15) is 0 Å². The van der Waals surface area contributed by atoms with Gasteiger partial charge in [-0.15, -0.1) is 0 Å². The molecule has 2 heterocycles. The first-order valence-electron chi connectivity index (χ1n) is 7.43. The van der Waals surface area contributed by atoms with Gasteiger partial charge in [0, 0.05) is 29.8 Å². The van der Waals surface area contributed by atoms with Crippen LogP contribution in [0.15, 0.2) is 18.5 Å². The molecule has 21 heavy (non-hydrogen) atoms. The fourth-order valence-electron chi connectivity index (χ4n) is 2.27. The summed E-state index contributed by atoms with van der Waals surface area (Å²) in [6, 6.07) is 2.32. The number of rotatable bonds is 6. The molecule has 0 aliphatic heterocycles. The van der Waals surface area contributed by atoms with Crippen molar-refractivity contribution in [3.05, 3.63) is 35.4 Å². The Hall–Kier alpha value is -1.88. The Balaban J connectivity index is 2.11. The Kier molecular flexibility index (Phi) is 5.33. The zero-order valence-electron chi connectivity index (χ0n) is 13.2. The summed E-state index contributed by atoms with van der Waals surface area (Å²) in [4.78, 5) is 17.5. The van der Waals surface area contributed by atoms with E-state index in [-0.39, 0.29) is 0 Å². The van der Waals surface area contributed by atoms with E-state index in [0.717, 1.165) is 30.8 Å². The second-order valence-corrected chi connectivity index (χ2v) is 5.48. The Bertz CT molecular complexity index is 557. The highest BCUT2D eigenvalue weighted by Crippen LogP contribution is 2.16. The van der Waals surface area contributed by atoms with Crippen LogP contribution in [0.5, 0.6) is 0 Å². The van der Waals surface area contributed by atoms with Crippen molar-refractivity contribution in [2.75, 3.05) is 6.54 Å². The van der Waals surface area contributed by atoms with Gasteiger partial charge in [0.15, 0.2) is 11.6 Å². The molecule has 0 unspecified atom stereocenters. The zero-order chi connectivity index (χ0) is 15.2. The van der Waals surface area contributed by atoms with Crippen molar-refractivity contribution in [2.45, 2.75) is 46.6 Å². The highest BCUT2D eigenvalue weighted by Gasteiger charge is 2.11. The topological polar surface area (TPSA) is 63.6 Å². The molecule has 0 amide bonds. The van der Waals surface area contributed by atoms with E-state index in [2.05, 4.69) is 39.1 Å². The molecule has 0 spiro atoms. The van der Waals surface area contributed by atoms with Gasteiger partial charge in [0.2, 0.25) is 0 Å². The lowest BCUT2D eigenvalue weighted by molar-refractivity contribution is 0.569. The number of hydrogen-bond acceptors (Lipinski definition) is 5. The summed E-state index contributed by atoms with van der Waals surface area (Å²) in [5.41, 5.74) is 3.28. The van der Waals surface area contributed by atoms with Crippen LogP contribution in [0.4, 0.5) is 0 Å². The van der Waals surface area contributed by atoms with E-state index in [1.54, 1.807) is 18.5 Å². The Morgan fingerprint density at radius 3 is 2.19 bits per heavy atom.